The molecule has 0 aliphatic carbocycles. The van der Waals surface area contributed by atoms with Crippen molar-refractivity contribution >= 4 is 22.7 Å². The summed E-state index contributed by atoms with van der Waals surface area (Å²) in [5.74, 6) is -0.981. The Morgan fingerprint density at radius 3 is 2.79 bits per heavy atom. The second kappa shape index (κ2) is 4.13. The third-order valence-electron chi connectivity index (χ3n) is 2.99. The van der Waals surface area contributed by atoms with Crippen LogP contribution in [0.25, 0.3) is 16.7 Å². The van der Waals surface area contributed by atoms with E-state index in [1.165, 1.54) is 6.07 Å². The van der Waals surface area contributed by atoms with Crippen LogP contribution in [0.4, 0.5) is 5.69 Å². The summed E-state index contributed by atoms with van der Waals surface area (Å²) in [6.07, 6.45) is 1.64. The highest BCUT2D eigenvalue weighted by Gasteiger charge is 2.10. The third-order valence-corrected chi connectivity index (χ3v) is 2.99. The largest absolute Gasteiger partial charge is 0.478 e. The van der Waals surface area contributed by atoms with Gasteiger partial charge in [0.05, 0.1) is 28.0 Å². The first-order valence-electron chi connectivity index (χ1n) is 5.72. The fourth-order valence-corrected chi connectivity index (χ4v) is 2.04. The van der Waals surface area contributed by atoms with Gasteiger partial charge in [0, 0.05) is 0 Å². The van der Waals surface area contributed by atoms with Crippen LogP contribution >= 0.6 is 0 Å². The molecule has 0 aliphatic heterocycles. The monoisotopic (exact) mass is 253 g/mol. The minimum Gasteiger partial charge on any atom is -0.478 e. The van der Waals surface area contributed by atoms with E-state index in [-0.39, 0.29) is 5.56 Å². The summed E-state index contributed by atoms with van der Waals surface area (Å²) >= 11 is 0. The molecule has 1 aromatic heterocycles. The van der Waals surface area contributed by atoms with Gasteiger partial charge in [-0.25, -0.2) is 9.78 Å². The van der Waals surface area contributed by atoms with Crippen molar-refractivity contribution in [3.8, 4) is 5.69 Å². The van der Waals surface area contributed by atoms with Gasteiger partial charge in [0.15, 0.2) is 0 Å². The SMILES string of the molecule is Nc1ccc(C(=O)O)cc1-n1cnc2ccccc21. The number of carboxylic acids is 1. The molecule has 0 atom stereocenters. The molecule has 0 fully saturated rings. The Morgan fingerprint density at radius 1 is 1.21 bits per heavy atom. The molecule has 0 unspecified atom stereocenters. The zero-order chi connectivity index (χ0) is 13.4. The number of nitrogens with two attached hydrogens (primary N) is 1. The number of rotatable bonds is 2. The van der Waals surface area contributed by atoms with Crippen LogP contribution < -0.4 is 5.73 Å². The van der Waals surface area contributed by atoms with Crippen molar-refractivity contribution < 1.29 is 9.90 Å². The number of carboxylic acid groups (broad SMARTS) is 1. The van der Waals surface area contributed by atoms with E-state index < -0.39 is 5.97 Å². The molecular weight excluding hydrogens is 242 g/mol. The number of para-hydroxylation sites is 2. The molecule has 19 heavy (non-hydrogen) atoms. The maximum absolute atomic E-state index is 11.0. The maximum atomic E-state index is 11.0. The van der Waals surface area contributed by atoms with E-state index in [2.05, 4.69) is 4.98 Å². The number of hydrogen-bond acceptors (Lipinski definition) is 3. The smallest absolute Gasteiger partial charge is 0.335 e. The van der Waals surface area contributed by atoms with Crippen LogP contribution in [0.5, 0.6) is 0 Å². The molecular formula is C14H11N3O2. The Balaban J connectivity index is 2.26. The number of imidazole rings is 1. The molecule has 0 spiro atoms. The third kappa shape index (κ3) is 1.81. The molecule has 3 N–H and O–H groups in total. The Bertz CT molecular complexity index is 777. The Kier molecular flexibility index (Phi) is 2.45. The summed E-state index contributed by atoms with van der Waals surface area (Å²) in [6, 6.07) is 12.2. The number of hydrogen-bond donors (Lipinski definition) is 2. The number of aromatic carboxylic acids is 1. The molecule has 94 valence electrons. The van der Waals surface area contributed by atoms with E-state index in [1.807, 2.05) is 24.3 Å². The van der Waals surface area contributed by atoms with E-state index in [9.17, 15) is 4.79 Å². The van der Waals surface area contributed by atoms with Crippen LogP contribution in [0.1, 0.15) is 10.4 Å². The first-order valence-corrected chi connectivity index (χ1v) is 5.72. The summed E-state index contributed by atoms with van der Waals surface area (Å²) in [7, 11) is 0. The van der Waals surface area contributed by atoms with Gasteiger partial charge in [0.2, 0.25) is 0 Å². The van der Waals surface area contributed by atoms with E-state index in [0.717, 1.165) is 11.0 Å². The summed E-state index contributed by atoms with van der Waals surface area (Å²) in [5, 5.41) is 9.05. The lowest BCUT2D eigenvalue weighted by Crippen LogP contribution is -2.03. The normalized spacial score (nSPS) is 10.7. The average Bonchev–Trinajstić information content (AvgIpc) is 2.83. The molecule has 3 rings (SSSR count). The van der Waals surface area contributed by atoms with E-state index in [1.54, 1.807) is 23.0 Å². The number of carbonyl (C=O) groups is 1. The Labute approximate surface area is 108 Å². The van der Waals surface area contributed by atoms with Gasteiger partial charge < -0.3 is 10.8 Å². The van der Waals surface area contributed by atoms with E-state index in [4.69, 9.17) is 10.8 Å². The second-order valence-electron chi connectivity index (χ2n) is 4.18. The predicted octanol–water partition coefficient (Wildman–Crippen LogP) is 2.31. The summed E-state index contributed by atoms with van der Waals surface area (Å²) < 4.78 is 1.79. The molecule has 3 aromatic rings. The maximum Gasteiger partial charge on any atom is 0.335 e. The first-order chi connectivity index (χ1) is 9.16. The molecule has 0 radical (unpaired) electrons. The number of benzene rings is 2. The Morgan fingerprint density at radius 2 is 2.00 bits per heavy atom. The molecule has 0 bridgehead atoms. The van der Waals surface area contributed by atoms with Gasteiger partial charge in [-0.1, -0.05) is 12.1 Å². The van der Waals surface area contributed by atoms with Crippen LogP contribution in [0.15, 0.2) is 48.8 Å². The van der Waals surface area contributed by atoms with Crippen LogP contribution in [-0.4, -0.2) is 20.6 Å². The van der Waals surface area contributed by atoms with Crippen LogP contribution in [-0.2, 0) is 0 Å². The van der Waals surface area contributed by atoms with Crippen molar-refractivity contribution in [2.75, 3.05) is 5.73 Å². The summed E-state index contributed by atoms with van der Waals surface area (Å²) in [6.45, 7) is 0. The van der Waals surface area contributed by atoms with Gasteiger partial charge in [-0.05, 0) is 30.3 Å². The fraction of sp³-hybridized carbons (Fsp3) is 0. The van der Waals surface area contributed by atoms with Crippen molar-refractivity contribution in [2.45, 2.75) is 0 Å². The van der Waals surface area contributed by atoms with Gasteiger partial charge >= 0.3 is 5.97 Å². The highest BCUT2D eigenvalue weighted by atomic mass is 16.4. The highest BCUT2D eigenvalue weighted by molar-refractivity contribution is 5.90. The number of nitrogens with zero attached hydrogens (tertiary/aromatic N) is 2. The molecule has 0 saturated carbocycles. The number of aromatic nitrogens is 2. The topological polar surface area (TPSA) is 81.1 Å². The zero-order valence-corrected chi connectivity index (χ0v) is 9.95. The number of fused-ring (bicyclic) bond motifs is 1. The van der Waals surface area contributed by atoms with Crippen molar-refractivity contribution in [3.63, 3.8) is 0 Å². The molecule has 0 saturated heterocycles. The van der Waals surface area contributed by atoms with Crippen molar-refractivity contribution in [3.05, 3.63) is 54.4 Å². The van der Waals surface area contributed by atoms with Crippen molar-refractivity contribution in [1.82, 2.24) is 9.55 Å². The highest BCUT2D eigenvalue weighted by Crippen LogP contribution is 2.23. The predicted molar refractivity (Wildman–Crippen MR) is 72.4 cm³/mol. The number of nitrogen functional groups attached to an aromatic ring is 1. The summed E-state index contributed by atoms with van der Waals surface area (Å²) in [5.41, 5.74) is 8.97. The summed E-state index contributed by atoms with van der Waals surface area (Å²) in [4.78, 5) is 15.3. The molecule has 0 amide bonds. The lowest BCUT2D eigenvalue weighted by atomic mass is 10.1. The minimum atomic E-state index is -0.981. The molecule has 2 aromatic carbocycles. The lowest BCUT2D eigenvalue weighted by molar-refractivity contribution is 0.0697. The van der Waals surface area contributed by atoms with Gasteiger partial charge in [-0.2, -0.15) is 0 Å². The van der Waals surface area contributed by atoms with Gasteiger partial charge in [-0.15, -0.1) is 0 Å². The number of anilines is 1. The standard InChI is InChI=1S/C14H11N3O2/c15-10-6-5-9(14(18)19)7-13(10)17-8-16-11-3-1-2-4-12(11)17/h1-8H,15H2,(H,18,19). The quantitative estimate of drug-likeness (QED) is 0.687. The zero-order valence-electron chi connectivity index (χ0n) is 9.95. The molecule has 5 heteroatoms. The second-order valence-corrected chi connectivity index (χ2v) is 4.18. The first kappa shape index (κ1) is 11.3. The van der Waals surface area contributed by atoms with Crippen molar-refractivity contribution in [2.24, 2.45) is 0 Å². The average molecular weight is 253 g/mol. The van der Waals surface area contributed by atoms with Gasteiger partial charge in [-0.3, -0.25) is 4.57 Å². The minimum absolute atomic E-state index is 0.196. The van der Waals surface area contributed by atoms with Crippen molar-refractivity contribution in [1.29, 1.82) is 0 Å². The van der Waals surface area contributed by atoms with E-state index >= 15 is 0 Å². The lowest BCUT2D eigenvalue weighted by Gasteiger charge is -2.08. The van der Waals surface area contributed by atoms with Gasteiger partial charge in [0.1, 0.15) is 6.33 Å². The molecule has 5 nitrogen and oxygen atoms in total. The van der Waals surface area contributed by atoms with Gasteiger partial charge in [0.25, 0.3) is 0 Å². The molecule has 0 aliphatic rings. The van der Waals surface area contributed by atoms with Crippen LogP contribution in [0.3, 0.4) is 0 Å². The van der Waals surface area contributed by atoms with E-state index in [0.29, 0.717) is 11.4 Å². The fourth-order valence-electron chi connectivity index (χ4n) is 2.04. The van der Waals surface area contributed by atoms with Crippen LogP contribution in [0.2, 0.25) is 0 Å². The van der Waals surface area contributed by atoms with Crippen LogP contribution in [0, 0.1) is 0 Å². The Hall–Kier alpha value is -2.82. The molecule has 1 heterocycles.